The topological polar surface area (TPSA) is 55.8 Å². The minimum Gasteiger partial charge on any atom is -0.493 e. The summed E-state index contributed by atoms with van der Waals surface area (Å²) in [7, 11) is -3.47. The van der Waals surface area contributed by atoms with Gasteiger partial charge in [0.05, 0.1) is 13.2 Å². The van der Waals surface area contributed by atoms with Crippen LogP contribution in [-0.2, 0) is 15.7 Å². The van der Waals surface area contributed by atoms with Crippen LogP contribution in [0.4, 0.5) is 0 Å². The van der Waals surface area contributed by atoms with E-state index in [9.17, 15) is 9.46 Å². The molecule has 0 bridgehead atoms. The lowest BCUT2D eigenvalue weighted by Gasteiger charge is -2.12. The van der Waals surface area contributed by atoms with E-state index < -0.39 is 7.60 Å². The lowest BCUT2D eigenvalue weighted by Crippen LogP contribution is -2.01. The van der Waals surface area contributed by atoms with Crippen LogP contribution in [0.3, 0.4) is 0 Å². The molecule has 0 spiro atoms. The lowest BCUT2D eigenvalue weighted by atomic mass is 10.0. The van der Waals surface area contributed by atoms with Crippen LogP contribution >= 0.6 is 7.60 Å². The van der Waals surface area contributed by atoms with E-state index in [1.807, 2.05) is 24.3 Å². The monoisotopic (exact) mass is 426 g/mol. The molecule has 1 rings (SSSR count). The van der Waals surface area contributed by atoms with Crippen LogP contribution in [0.25, 0.3) is 0 Å². The number of rotatable bonds is 19. The first-order valence-electron chi connectivity index (χ1n) is 11.7. The highest BCUT2D eigenvalue weighted by Gasteiger charge is 2.12. The molecule has 1 aromatic carbocycles. The predicted molar refractivity (Wildman–Crippen MR) is 123 cm³/mol. The van der Waals surface area contributed by atoms with Gasteiger partial charge in [0, 0.05) is 12.2 Å². The Morgan fingerprint density at radius 1 is 0.793 bits per heavy atom. The molecule has 4 nitrogen and oxygen atoms in total. The van der Waals surface area contributed by atoms with Crippen LogP contribution < -0.4 is 4.74 Å². The van der Waals surface area contributed by atoms with Crippen LogP contribution in [0.1, 0.15) is 102 Å². The Bertz CT molecular complexity index is 556. The molecule has 1 unspecified atom stereocenters. The van der Waals surface area contributed by atoms with Crippen molar-refractivity contribution in [3.63, 3.8) is 0 Å². The second kappa shape index (κ2) is 16.9. The van der Waals surface area contributed by atoms with Crippen molar-refractivity contribution in [2.24, 2.45) is 0 Å². The molecule has 0 saturated heterocycles. The smallest absolute Gasteiger partial charge is 0.325 e. The molecule has 1 atom stereocenters. The summed E-state index contributed by atoms with van der Waals surface area (Å²) in [5, 5.41) is 0. The summed E-state index contributed by atoms with van der Waals surface area (Å²) in [6.07, 6.45) is 18.8. The third-order valence-electron chi connectivity index (χ3n) is 5.19. The summed E-state index contributed by atoms with van der Waals surface area (Å²) in [6.45, 7) is 4.25. The van der Waals surface area contributed by atoms with E-state index in [0.29, 0.717) is 6.61 Å². The fourth-order valence-corrected chi connectivity index (χ4v) is 3.81. The Morgan fingerprint density at radius 3 is 1.79 bits per heavy atom. The first-order chi connectivity index (χ1) is 14.0. The Hall–Kier alpha value is -0.830. The molecule has 0 aliphatic heterocycles. The normalized spacial score (nSPS) is 13.3. The highest BCUT2D eigenvalue weighted by molar-refractivity contribution is 7.51. The largest absolute Gasteiger partial charge is 0.493 e. The molecule has 29 heavy (non-hydrogen) atoms. The molecule has 0 aliphatic rings. The number of hydrogen-bond donors (Lipinski definition) is 1. The second-order valence-electron chi connectivity index (χ2n) is 8.13. The van der Waals surface area contributed by atoms with E-state index in [0.717, 1.165) is 17.7 Å². The van der Waals surface area contributed by atoms with E-state index in [1.165, 1.54) is 90.1 Å². The van der Waals surface area contributed by atoms with Crippen molar-refractivity contribution < 1.29 is 18.7 Å². The van der Waals surface area contributed by atoms with Crippen molar-refractivity contribution >= 4 is 7.60 Å². The molecule has 0 radical (unpaired) electrons. The van der Waals surface area contributed by atoms with Gasteiger partial charge in [-0.15, -0.1) is 0 Å². The van der Waals surface area contributed by atoms with Gasteiger partial charge in [-0.25, -0.2) is 0 Å². The Balaban J connectivity index is 1.97. The van der Waals surface area contributed by atoms with Crippen molar-refractivity contribution in [3.05, 3.63) is 29.8 Å². The van der Waals surface area contributed by atoms with E-state index in [4.69, 9.17) is 9.26 Å². The van der Waals surface area contributed by atoms with Gasteiger partial charge in [0.25, 0.3) is 0 Å². The summed E-state index contributed by atoms with van der Waals surface area (Å²) >= 11 is 0. The maximum atomic E-state index is 11.3. The summed E-state index contributed by atoms with van der Waals surface area (Å²) in [6, 6.07) is 7.56. The van der Waals surface area contributed by atoms with Gasteiger partial charge in [0.1, 0.15) is 5.75 Å². The standard InChI is InChI=1S/C24H43O4P/c1-3-4-5-6-7-8-9-10-11-12-13-14-15-18-21-27-24-20-17-16-19-23(24)22-28-29(2,25)26/h16-17,19-20H,3-15,18,21-22H2,1-2H3,(H,25,26). The second-order valence-corrected chi connectivity index (χ2v) is 9.99. The highest BCUT2D eigenvalue weighted by atomic mass is 31.2. The molecule has 0 saturated carbocycles. The van der Waals surface area contributed by atoms with Gasteiger partial charge in [0.2, 0.25) is 0 Å². The number of ether oxygens (including phenoxy) is 1. The van der Waals surface area contributed by atoms with Crippen molar-refractivity contribution in [2.45, 2.75) is 103 Å². The first-order valence-corrected chi connectivity index (χ1v) is 13.7. The molecule has 0 heterocycles. The average Bonchev–Trinajstić information content (AvgIpc) is 2.69. The first kappa shape index (κ1) is 26.2. The summed E-state index contributed by atoms with van der Waals surface area (Å²) in [4.78, 5) is 9.28. The van der Waals surface area contributed by atoms with Crippen molar-refractivity contribution in [1.29, 1.82) is 0 Å². The summed E-state index contributed by atoms with van der Waals surface area (Å²) < 4.78 is 22.2. The third-order valence-corrected chi connectivity index (χ3v) is 5.80. The number of hydrogen-bond acceptors (Lipinski definition) is 3. The van der Waals surface area contributed by atoms with Gasteiger partial charge < -0.3 is 14.2 Å². The van der Waals surface area contributed by atoms with E-state index in [1.54, 1.807) is 0 Å². The molecule has 0 fully saturated rings. The van der Waals surface area contributed by atoms with E-state index in [2.05, 4.69) is 6.92 Å². The van der Waals surface area contributed by atoms with Gasteiger partial charge >= 0.3 is 7.60 Å². The molecule has 1 aromatic rings. The quantitative estimate of drug-likeness (QED) is 0.180. The number of benzene rings is 1. The fourth-order valence-electron chi connectivity index (χ4n) is 3.43. The van der Waals surface area contributed by atoms with Gasteiger partial charge in [0.15, 0.2) is 0 Å². The zero-order valence-electron chi connectivity index (χ0n) is 18.7. The minimum absolute atomic E-state index is 0.0964. The van der Waals surface area contributed by atoms with E-state index in [-0.39, 0.29) is 6.61 Å². The molecular formula is C24H43O4P. The Kier molecular flexibility index (Phi) is 15.3. The third kappa shape index (κ3) is 15.6. The number of unbranched alkanes of at least 4 members (excludes halogenated alkanes) is 13. The molecule has 0 aliphatic carbocycles. The average molecular weight is 427 g/mol. The van der Waals surface area contributed by atoms with E-state index >= 15 is 0 Å². The fraction of sp³-hybridized carbons (Fsp3) is 0.750. The molecule has 5 heteroatoms. The summed E-state index contributed by atoms with van der Waals surface area (Å²) in [5.74, 6) is 0.746. The zero-order chi connectivity index (χ0) is 21.2. The molecule has 0 amide bonds. The summed E-state index contributed by atoms with van der Waals surface area (Å²) in [5.41, 5.74) is 0.814. The van der Waals surface area contributed by atoms with Crippen LogP contribution in [-0.4, -0.2) is 18.2 Å². The van der Waals surface area contributed by atoms with Gasteiger partial charge in [-0.3, -0.25) is 4.57 Å². The lowest BCUT2D eigenvalue weighted by molar-refractivity contribution is 0.245. The number of para-hydroxylation sites is 1. The molecule has 168 valence electrons. The SMILES string of the molecule is CCCCCCCCCCCCCCCCOc1ccccc1COP(C)(=O)O. The molecular weight excluding hydrogens is 383 g/mol. The van der Waals surface area contributed by atoms with Crippen molar-refractivity contribution in [2.75, 3.05) is 13.3 Å². The molecule has 0 aromatic heterocycles. The van der Waals surface area contributed by atoms with Gasteiger partial charge in [-0.05, 0) is 12.5 Å². The Morgan fingerprint density at radius 2 is 1.28 bits per heavy atom. The van der Waals surface area contributed by atoms with Crippen LogP contribution in [0, 0.1) is 0 Å². The van der Waals surface area contributed by atoms with Gasteiger partial charge in [-0.1, -0.05) is 109 Å². The van der Waals surface area contributed by atoms with Crippen molar-refractivity contribution in [1.82, 2.24) is 0 Å². The van der Waals surface area contributed by atoms with Crippen LogP contribution in [0.15, 0.2) is 24.3 Å². The zero-order valence-corrected chi connectivity index (χ0v) is 19.6. The predicted octanol–water partition coefficient (Wildman–Crippen LogP) is 7.88. The minimum atomic E-state index is -3.47. The van der Waals surface area contributed by atoms with Gasteiger partial charge in [-0.2, -0.15) is 0 Å². The maximum absolute atomic E-state index is 11.3. The van der Waals surface area contributed by atoms with Crippen molar-refractivity contribution in [3.8, 4) is 5.75 Å². The van der Waals surface area contributed by atoms with Crippen LogP contribution in [0.5, 0.6) is 5.75 Å². The Labute approximate surface area is 178 Å². The molecule has 1 N–H and O–H groups in total. The van der Waals surface area contributed by atoms with Crippen LogP contribution in [0.2, 0.25) is 0 Å². The maximum Gasteiger partial charge on any atom is 0.325 e. The highest BCUT2D eigenvalue weighted by Crippen LogP contribution is 2.38.